The fraction of sp³-hybridized carbons (Fsp3) is 0.750. The molecular formula is C8H13N3O. The largest absolute Gasteiger partial charge is 0.311 e. The maximum atomic E-state index is 9.49. The minimum absolute atomic E-state index is 0.764. The van der Waals surface area contributed by atoms with Gasteiger partial charge in [0.25, 0.3) is 0 Å². The molecule has 0 aliphatic rings. The number of nitrogens with zero attached hydrogens (tertiary/aromatic N) is 3. The first-order valence-electron chi connectivity index (χ1n) is 3.59. The van der Waals surface area contributed by atoms with E-state index in [4.69, 9.17) is 10.5 Å². The third kappa shape index (κ3) is 1.94. The molecule has 0 saturated heterocycles. The van der Waals surface area contributed by atoms with E-state index in [2.05, 4.69) is 0 Å². The van der Waals surface area contributed by atoms with Crippen LogP contribution < -0.4 is 0 Å². The highest BCUT2D eigenvalue weighted by atomic mass is 16.5. The second-order valence-electron chi connectivity index (χ2n) is 3.65. The normalized spacial score (nSPS) is 12.3. The lowest BCUT2D eigenvalue weighted by atomic mass is 9.99. The molecule has 0 spiro atoms. The van der Waals surface area contributed by atoms with Crippen molar-refractivity contribution in [3.05, 3.63) is 0 Å². The Morgan fingerprint density at radius 2 is 1.25 bits per heavy atom. The maximum Gasteiger partial charge on any atom is 0.128 e. The molecule has 0 amide bonds. The highest BCUT2D eigenvalue weighted by Gasteiger charge is 2.37. The van der Waals surface area contributed by atoms with Crippen molar-refractivity contribution >= 4 is 0 Å². The van der Waals surface area contributed by atoms with Gasteiger partial charge in [-0.25, -0.2) is 0 Å². The number of hydroxylamine groups is 2. The van der Waals surface area contributed by atoms with E-state index in [0.717, 1.165) is 5.06 Å². The monoisotopic (exact) mass is 167 g/mol. The summed E-state index contributed by atoms with van der Waals surface area (Å²) in [6.45, 7) is 6.19. The van der Waals surface area contributed by atoms with Crippen molar-refractivity contribution in [3.8, 4) is 12.1 Å². The SMILES string of the molecule is CC(C)(C#N)N(O)C(C)(C)C#N. The lowest BCUT2D eigenvalue weighted by Gasteiger charge is -2.35. The van der Waals surface area contributed by atoms with Crippen LogP contribution in [0.3, 0.4) is 0 Å². The standard InChI is InChI=1S/C8H13N3O/c1-7(2,5-9)11(12)8(3,4)6-10/h12H,1-4H3. The van der Waals surface area contributed by atoms with Gasteiger partial charge in [0.1, 0.15) is 11.1 Å². The van der Waals surface area contributed by atoms with E-state index in [1.807, 2.05) is 12.1 Å². The fourth-order valence-corrected chi connectivity index (χ4v) is 0.793. The molecule has 0 aromatic heterocycles. The predicted octanol–water partition coefficient (Wildman–Crippen LogP) is 1.28. The molecule has 0 aliphatic carbocycles. The van der Waals surface area contributed by atoms with Crippen LogP contribution in [0.5, 0.6) is 0 Å². The zero-order valence-electron chi connectivity index (χ0n) is 7.79. The smallest absolute Gasteiger partial charge is 0.128 e. The predicted molar refractivity (Wildman–Crippen MR) is 43.0 cm³/mol. The Bertz CT molecular complexity index is 218. The van der Waals surface area contributed by atoms with Crippen molar-refractivity contribution in [2.24, 2.45) is 0 Å². The molecular weight excluding hydrogens is 154 g/mol. The van der Waals surface area contributed by atoms with Crippen LogP contribution in [-0.4, -0.2) is 21.3 Å². The van der Waals surface area contributed by atoms with E-state index < -0.39 is 11.1 Å². The molecule has 0 heterocycles. The first-order valence-corrected chi connectivity index (χ1v) is 3.59. The summed E-state index contributed by atoms with van der Waals surface area (Å²) in [6.07, 6.45) is 0. The molecule has 1 N–H and O–H groups in total. The van der Waals surface area contributed by atoms with Crippen LogP contribution in [0.1, 0.15) is 27.7 Å². The minimum Gasteiger partial charge on any atom is -0.311 e. The van der Waals surface area contributed by atoms with Gasteiger partial charge in [-0.05, 0) is 27.7 Å². The zero-order chi connectivity index (χ0) is 9.99. The minimum atomic E-state index is -1.04. The first-order chi connectivity index (χ1) is 5.28. The highest BCUT2D eigenvalue weighted by Crippen LogP contribution is 2.21. The molecule has 0 bridgehead atoms. The molecule has 0 aromatic carbocycles. The molecule has 0 radical (unpaired) electrons. The topological polar surface area (TPSA) is 71.1 Å². The Balaban J connectivity index is 4.77. The Hall–Kier alpha value is -1.10. The third-order valence-electron chi connectivity index (χ3n) is 1.61. The average molecular weight is 167 g/mol. The van der Waals surface area contributed by atoms with Crippen molar-refractivity contribution in [2.75, 3.05) is 0 Å². The van der Waals surface area contributed by atoms with E-state index in [1.165, 1.54) is 0 Å². The van der Waals surface area contributed by atoms with Crippen LogP contribution in [0, 0.1) is 22.7 Å². The molecule has 0 saturated carbocycles. The summed E-state index contributed by atoms with van der Waals surface area (Å²) in [5.74, 6) is 0. The Morgan fingerprint density at radius 1 is 1.00 bits per heavy atom. The fourth-order valence-electron chi connectivity index (χ4n) is 0.793. The Morgan fingerprint density at radius 3 is 1.42 bits per heavy atom. The summed E-state index contributed by atoms with van der Waals surface area (Å²) in [6, 6.07) is 3.81. The van der Waals surface area contributed by atoms with Crippen molar-refractivity contribution in [1.82, 2.24) is 5.06 Å². The van der Waals surface area contributed by atoms with Gasteiger partial charge < -0.3 is 5.21 Å². The van der Waals surface area contributed by atoms with Gasteiger partial charge in [0.05, 0.1) is 12.1 Å². The molecule has 4 nitrogen and oxygen atoms in total. The van der Waals surface area contributed by atoms with Gasteiger partial charge in [0.15, 0.2) is 0 Å². The van der Waals surface area contributed by atoms with Gasteiger partial charge in [-0.3, -0.25) is 0 Å². The van der Waals surface area contributed by atoms with Gasteiger partial charge in [-0.1, -0.05) is 0 Å². The van der Waals surface area contributed by atoms with Crippen molar-refractivity contribution in [1.29, 1.82) is 10.5 Å². The maximum absolute atomic E-state index is 9.49. The molecule has 0 fully saturated rings. The van der Waals surface area contributed by atoms with Crippen LogP contribution in [0.25, 0.3) is 0 Å². The van der Waals surface area contributed by atoms with E-state index in [0.29, 0.717) is 0 Å². The van der Waals surface area contributed by atoms with E-state index in [9.17, 15) is 5.21 Å². The molecule has 12 heavy (non-hydrogen) atoms. The van der Waals surface area contributed by atoms with Gasteiger partial charge >= 0.3 is 0 Å². The molecule has 0 aromatic rings. The summed E-state index contributed by atoms with van der Waals surface area (Å²) in [7, 11) is 0. The lowest BCUT2D eigenvalue weighted by Crippen LogP contribution is -2.52. The first kappa shape index (κ1) is 10.9. The Labute approximate surface area is 72.6 Å². The number of hydrogen-bond acceptors (Lipinski definition) is 4. The molecule has 0 atom stereocenters. The summed E-state index contributed by atoms with van der Waals surface area (Å²) < 4.78 is 0. The molecule has 4 heteroatoms. The second-order valence-corrected chi connectivity index (χ2v) is 3.65. The molecule has 0 rings (SSSR count). The number of nitriles is 2. The molecule has 0 unspecified atom stereocenters. The van der Waals surface area contributed by atoms with E-state index in [-0.39, 0.29) is 0 Å². The number of rotatable bonds is 2. The summed E-state index contributed by atoms with van der Waals surface area (Å²) in [5.41, 5.74) is -2.08. The van der Waals surface area contributed by atoms with Crippen LogP contribution in [0.4, 0.5) is 0 Å². The molecule has 66 valence electrons. The zero-order valence-corrected chi connectivity index (χ0v) is 7.79. The van der Waals surface area contributed by atoms with Crippen LogP contribution in [0.2, 0.25) is 0 Å². The third-order valence-corrected chi connectivity index (χ3v) is 1.61. The van der Waals surface area contributed by atoms with Gasteiger partial charge in [-0.15, -0.1) is 0 Å². The summed E-state index contributed by atoms with van der Waals surface area (Å²) in [5, 5.41) is 27.6. The van der Waals surface area contributed by atoms with Gasteiger partial charge in [0, 0.05) is 0 Å². The summed E-state index contributed by atoms with van der Waals surface area (Å²) >= 11 is 0. The van der Waals surface area contributed by atoms with E-state index in [1.54, 1.807) is 27.7 Å². The van der Waals surface area contributed by atoms with Crippen molar-refractivity contribution in [3.63, 3.8) is 0 Å². The van der Waals surface area contributed by atoms with E-state index >= 15 is 0 Å². The lowest BCUT2D eigenvalue weighted by molar-refractivity contribution is -0.188. The number of hydrogen-bond donors (Lipinski definition) is 1. The summed E-state index contributed by atoms with van der Waals surface area (Å²) in [4.78, 5) is 0. The van der Waals surface area contributed by atoms with Crippen LogP contribution in [0.15, 0.2) is 0 Å². The quantitative estimate of drug-likeness (QED) is 0.629. The Kier molecular flexibility index (Phi) is 2.82. The van der Waals surface area contributed by atoms with Gasteiger partial charge in [0.2, 0.25) is 0 Å². The van der Waals surface area contributed by atoms with Crippen molar-refractivity contribution < 1.29 is 5.21 Å². The average Bonchev–Trinajstić information content (AvgIpc) is 2.03. The van der Waals surface area contributed by atoms with Crippen LogP contribution >= 0.6 is 0 Å². The van der Waals surface area contributed by atoms with Crippen molar-refractivity contribution in [2.45, 2.75) is 38.8 Å². The molecule has 0 aliphatic heterocycles. The second kappa shape index (κ2) is 3.10. The van der Waals surface area contributed by atoms with Crippen LogP contribution in [-0.2, 0) is 0 Å². The highest BCUT2D eigenvalue weighted by molar-refractivity contribution is 5.09. The van der Waals surface area contributed by atoms with Gasteiger partial charge in [-0.2, -0.15) is 15.6 Å².